The number of nitrogens with two attached hydrogens (primary N) is 1. The number of carbonyl (C=O) groups is 1. The van der Waals surface area contributed by atoms with Gasteiger partial charge in [0, 0.05) is 22.2 Å². The number of ether oxygens (including phenoxy) is 4. The van der Waals surface area contributed by atoms with E-state index in [0.717, 1.165) is 0 Å². The normalized spacial score (nSPS) is 14.5. The van der Waals surface area contributed by atoms with Crippen molar-refractivity contribution < 1.29 is 23.7 Å². The van der Waals surface area contributed by atoms with Gasteiger partial charge in [0.1, 0.15) is 34.6 Å². The molecular weight excluding hydrogens is 444 g/mol. The number of methoxy groups -OCH3 is 2. The number of fused-ring (bicyclic) bond motifs is 1. The van der Waals surface area contributed by atoms with E-state index in [4.69, 9.17) is 36.3 Å². The second-order valence-electron chi connectivity index (χ2n) is 7.13. The fourth-order valence-electron chi connectivity index (χ4n) is 3.67. The minimum Gasteiger partial charge on any atom is -0.497 e. The van der Waals surface area contributed by atoms with Crippen LogP contribution in [0.3, 0.4) is 0 Å². The Labute approximate surface area is 195 Å². The molecule has 3 aromatic carbocycles. The molecule has 0 aliphatic carbocycles. The van der Waals surface area contributed by atoms with Crippen molar-refractivity contribution in [3.05, 3.63) is 93.8 Å². The largest absolute Gasteiger partial charge is 0.497 e. The highest BCUT2D eigenvalue weighted by Crippen LogP contribution is 2.46. The third-order valence-electron chi connectivity index (χ3n) is 5.21. The summed E-state index contributed by atoms with van der Waals surface area (Å²) in [6, 6.07) is 18.8. The number of halogens is 1. The molecule has 0 saturated heterocycles. The van der Waals surface area contributed by atoms with Crippen LogP contribution in [0.15, 0.2) is 72.1 Å². The van der Waals surface area contributed by atoms with E-state index in [-0.39, 0.29) is 17.2 Å². The number of hydrogen-bond donors (Lipinski definition) is 1. The molecule has 2 N–H and O–H groups in total. The topological polar surface area (TPSA) is 104 Å². The third kappa shape index (κ3) is 4.29. The van der Waals surface area contributed by atoms with Gasteiger partial charge in [0.05, 0.1) is 25.7 Å². The summed E-state index contributed by atoms with van der Waals surface area (Å²) in [5.41, 5.74) is 7.99. The summed E-state index contributed by atoms with van der Waals surface area (Å²) >= 11 is 5.96. The monoisotopic (exact) mass is 462 g/mol. The standard InChI is InChI=1S/C25H19ClN2O5/c1-30-16-7-9-21(31-2)19(11-16)23-18-8-6-17(12-22(18)33-24(28)20(23)13-27)32-25(29)14-4-3-5-15(26)10-14/h3-12,23H,28H2,1-2H3. The molecule has 4 rings (SSSR count). The molecule has 0 amide bonds. The maximum atomic E-state index is 12.5. The summed E-state index contributed by atoms with van der Waals surface area (Å²) in [6.07, 6.45) is 0. The molecule has 3 aromatic rings. The molecule has 1 aliphatic rings. The number of nitrogens with zero attached hydrogens (tertiary/aromatic N) is 1. The lowest BCUT2D eigenvalue weighted by molar-refractivity contribution is 0.0734. The number of benzene rings is 3. The van der Waals surface area contributed by atoms with E-state index in [1.54, 1.807) is 68.8 Å². The van der Waals surface area contributed by atoms with Crippen LogP contribution >= 0.6 is 11.6 Å². The van der Waals surface area contributed by atoms with Gasteiger partial charge in [-0.15, -0.1) is 0 Å². The van der Waals surface area contributed by atoms with Gasteiger partial charge in [0.2, 0.25) is 5.88 Å². The Kier molecular flexibility index (Phi) is 6.11. The van der Waals surface area contributed by atoms with Crippen molar-refractivity contribution >= 4 is 17.6 Å². The number of esters is 1. The van der Waals surface area contributed by atoms with Crippen LogP contribution in [-0.2, 0) is 0 Å². The third-order valence-corrected chi connectivity index (χ3v) is 5.44. The van der Waals surface area contributed by atoms with E-state index in [9.17, 15) is 10.1 Å². The number of allylic oxidation sites excluding steroid dienone is 1. The quantitative estimate of drug-likeness (QED) is 0.429. The fraction of sp³-hybridized carbons (Fsp3) is 0.120. The molecule has 0 saturated carbocycles. The predicted octanol–water partition coefficient (Wildman–Crippen LogP) is 4.79. The molecule has 7 nitrogen and oxygen atoms in total. The van der Waals surface area contributed by atoms with E-state index >= 15 is 0 Å². The Morgan fingerprint density at radius 1 is 1.03 bits per heavy atom. The van der Waals surface area contributed by atoms with Gasteiger partial charge in [-0.25, -0.2) is 4.79 Å². The Balaban J connectivity index is 1.75. The zero-order valence-electron chi connectivity index (χ0n) is 17.8. The minimum atomic E-state index is -0.569. The summed E-state index contributed by atoms with van der Waals surface area (Å²) in [5, 5.41) is 10.2. The van der Waals surface area contributed by atoms with Crippen LogP contribution < -0.4 is 24.7 Å². The van der Waals surface area contributed by atoms with Crippen molar-refractivity contribution in [1.82, 2.24) is 0 Å². The second-order valence-corrected chi connectivity index (χ2v) is 7.57. The van der Waals surface area contributed by atoms with Gasteiger partial charge in [-0.05, 0) is 42.5 Å². The highest BCUT2D eigenvalue weighted by molar-refractivity contribution is 6.30. The first-order chi connectivity index (χ1) is 15.9. The van der Waals surface area contributed by atoms with Crippen LogP contribution in [0.4, 0.5) is 0 Å². The van der Waals surface area contributed by atoms with Gasteiger partial charge >= 0.3 is 5.97 Å². The first-order valence-corrected chi connectivity index (χ1v) is 10.2. The highest BCUT2D eigenvalue weighted by Gasteiger charge is 2.33. The van der Waals surface area contributed by atoms with Crippen LogP contribution in [-0.4, -0.2) is 20.2 Å². The van der Waals surface area contributed by atoms with Crippen molar-refractivity contribution in [2.75, 3.05) is 14.2 Å². The van der Waals surface area contributed by atoms with Crippen molar-refractivity contribution in [2.45, 2.75) is 5.92 Å². The Bertz CT molecular complexity index is 1310. The molecule has 0 bridgehead atoms. The average molecular weight is 463 g/mol. The first-order valence-electron chi connectivity index (χ1n) is 9.86. The minimum absolute atomic E-state index is 0.0433. The van der Waals surface area contributed by atoms with Crippen LogP contribution in [0.1, 0.15) is 27.4 Å². The summed E-state index contributed by atoms with van der Waals surface area (Å²) < 4.78 is 22.1. The Morgan fingerprint density at radius 2 is 1.82 bits per heavy atom. The lowest BCUT2D eigenvalue weighted by Gasteiger charge is -2.28. The SMILES string of the molecule is COc1ccc(OC)c(C2C(C#N)=C(N)Oc3cc(OC(=O)c4cccc(Cl)c4)ccc32)c1. The van der Waals surface area contributed by atoms with Crippen molar-refractivity contribution in [1.29, 1.82) is 5.26 Å². The zero-order valence-corrected chi connectivity index (χ0v) is 18.6. The maximum absolute atomic E-state index is 12.5. The summed E-state index contributed by atoms with van der Waals surface area (Å²) in [6.45, 7) is 0. The van der Waals surface area contributed by atoms with Crippen LogP contribution in [0.25, 0.3) is 0 Å². The summed E-state index contributed by atoms with van der Waals surface area (Å²) in [7, 11) is 3.10. The molecule has 166 valence electrons. The van der Waals surface area contributed by atoms with Gasteiger partial charge in [-0.2, -0.15) is 5.26 Å². The first kappa shape index (κ1) is 22.1. The van der Waals surface area contributed by atoms with E-state index in [2.05, 4.69) is 6.07 Å². The molecule has 0 aromatic heterocycles. The number of nitriles is 1. The summed E-state index contributed by atoms with van der Waals surface area (Å²) in [5.74, 6) is 0.591. The molecule has 1 atom stereocenters. The van der Waals surface area contributed by atoms with Crippen molar-refractivity contribution in [3.8, 4) is 29.1 Å². The van der Waals surface area contributed by atoms with Crippen molar-refractivity contribution in [2.24, 2.45) is 5.73 Å². The Morgan fingerprint density at radius 3 is 2.52 bits per heavy atom. The fourth-order valence-corrected chi connectivity index (χ4v) is 3.86. The molecule has 1 heterocycles. The van der Waals surface area contributed by atoms with Crippen LogP contribution in [0.5, 0.6) is 23.0 Å². The zero-order chi connectivity index (χ0) is 23.5. The number of carbonyl (C=O) groups excluding carboxylic acids is 1. The van der Waals surface area contributed by atoms with Gasteiger partial charge in [-0.3, -0.25) is 0 Å². The second kappa shape index (κ2) is 9.15. The number of hydrogen-bond acceptors (Lipinski definition) is 7. The van der Waals surface area contributed by atoms with Gasteiger partial charge in [-0.1, -0.05) is 23.7 Å². The molecule has 8 heteroatoms. The smallest absolute Gasteiger partial charge is 0.343 e. The highest BCUT2D eigenvalue weighted by atomic mass is 35.5. The van der Waals surface area contributed by atoms with Gasteiger partial charge in [0.15, 0.2) is 0 Å². The van der Waals surface area contributed by atoms with E-state index in [1.807, 2.05) is 0 Å². The molecule has 1 unspecified atom stereocenters. The van der Waals surface area contributed by atoms with Gasteiger partial charge in [0.25, 0.3) is 0 Å². The van der Waals surface area contributed by atoms with Crippen LogP contribution in [0.2, 0.25) is 5.02 Å². The molecular formula is C25H19ClN2O5. The van der Waals surface area contributed by atoms with Crippen molar-refractivity contribution in [3.63, 3.8) is 0 Å². The van der Waals surface area contributed by atoms with E-state index in [0.29, 0.717) is 39.0 Å². The molecule has 1 aliphatic heterocycles. The molecule has 33 heavy (non-hydrogen) atoms. The Hall–Kier alpha value is -4.15. The molecule has 0 spiro atoms. The summed E-state index contributed by atoms with van der Waals surface area (Å²) in [4.78, 5) is 12.5. The average Bonchev–Trinajstić information content (AvgIpc) is 2.82. The van der Waals surface area contributed by atoms with Gasteiger partial charge < -0.3 is 24.7 Å². The predicted molar refractivity (Wildman–Crippen MR) is 122 cm³/mol. The van der Waals surface area contributed by atoms with E-state index < -0.39 is 11.9 Å². The lowest BCUT2D eigenvalue weighted by Crippen LogP contribution is -2.21. The number of rotatable bonds is 5. The van der Waals surface area contributed by atoms with Crippen LogP contribution in [0, 0.1) is 11.3 Å². The molecule has 0 fully saturated rings. The lowest BCUT2D eigenvalue weighted by atomic mass is 9.83. The van der Waals surface area contributed by atoms with E-state index in [1.165, 1.54) is 6.07 Å². The maximum Gasteiger partial charge on any atom is 0.343 e. The molecule has 0 radical (unpaired) electrons.